The van der Waals surface area contributed by atoms with Crippen molar-refractivity contribution in [3.63, 3.8) is 0 Å². The fourth-order valence-electron chi connectivity index (χ4n) is 3.35. The number of para-hydroxylation sites is 2. The maximum atomic E-state index is 13.1. The van der Waals surface area contributed by atoms with Crippen LogP contribution in [0.2, 0.25) is 0 Å². The minimum absolute atomic E-state index is 0.105. The number of carbonyl (C=O) groups is 2. The Balaban J connectivity index is 1.75. The van der Waals surface area contributed by atoms with Crippen molar-refractivity contribution in [2.24, 2.45) is 0 Å². The number of hydrogen-bond acceptors (Lipinski definition) is 3. The van der Waals surface area contributed by atoms with Gasteiger partial charge in [-0.15, -0.1) is 0 Å². The van der Waals surface area contributed by atoms with Gasteiger partial charge in [-0.25, -0.2) is 0 Å². The highest BCUT2D eigenvalue weighted by Crippen LogP contribution is 2.39. The Hall–Kier alpha value is -2.82. The number of carbonyl (C=O) groups excluding carboxylic acids is 2. The Morgan fingerprint density at radius 3 is 2.79 bits per heavy atom. The van der Waals surface area contributed by atoms with Crippen LogP contribution in [-0.2, 0) is 4.79 Å². The third-order valence-electron chi connectivity index (χ3n) is 4.63. The molecule has 2 aliphatic heterocycles. The van der Waals surface area contributed by atoms with Crippen LogP contribution < -0.4 is 15.0 Å². The molecule has 2 aromatic rings. The van der Waals surface area contributed by atoms with Crippen molar-refractivity contribution < 1.29 is 14.3 Å². The highest BCUT2D eigenvalue weighted by atomic mass is 16.5. The van der Waals surface area contributed by atoms with Gasteiger partial charge in [-0.3, -0.25) is 9.59 Å². The molecule has 2 atom stereocenters. The molecule has 0 bridgehead atoms. The number of amides is 2. The van der Waals surface area contributed by atoms with Gasteiger partial charge >= 0.3 is 0 Å². The number of benzene rings is 2. The lowest BCUT2D eigenvalue weighted by Crippen LogP contribution is -2.36. The van der Waals surface area contributed by atoms with Crippen LogP contribution in [0.25, 0.3) is 0 Å². The molecule has 2 amide bonds. The van der Waals surface area contributed by atoms with E-state index in [1.54, 1.807) is 30.0 Å². The standard InChI is InChI=1S/C19H18N2O3/c1-11-10-21(16-9-4-3-6-13(11)16)19(23)14-7-5-8-15-17(14)24-12(2)18(22)20-15/h3-9,11-12H,10H2,1-2H3,(H,20,22)/t11-,12-/m1/s1. The second-order valence-corrected chi connectivity index (χ2v) is 6.31. The van der Waals surface area contributed by atoms with E-state index in [0.29, 0.717) is 29.5 Å². The van der Waals surface area contributed by atoms with Crippen LogP contribution in [0.3, 0.4) is 0 Å². The summed E-state index contributed by atoms with van der Waals surface area (Å²) >= 11 is 0. The predicted octanol–water partition coefficient (Wildman–Crippen LogP) is 3.17. The van der Waals surface area contributed by atoms with Crippen LogP contribution in [0, 0.1) is 0 Å². The maximum Gasteiger partial charge on any atom is 0.265 e. The molecular weight excluding hydrogens is 304 g/mol. The van der Waals surface area contributed by atoms with Gasteiger partial charge in [-0.05, 0) is 30.7 Å². The SMILES string of the molecule is C[C@@H]1CN(C(=O)c2cccc3c2O[C@H](C)C(=O)N3)c2ccccc21. The lowest BCUT2D eigenvalue weighted by molar-refractivity contribution is -0.122. The van der Waals surface area contributed by atoms with E-state index in [0.717, 1.165) is 5.69 Å². The second kappa shape index (κ2) is 5.37. The zero-order valence-electron chi connectivity index (χ0n) is 13.6. The van der Waals surface area contributed by atoms with Crippen LogP contribution in [0.15, 0.2) is 42.5 Å². The average Bonchev–Trinajstić information content (AvgIpc) is 2.92. The fourth-order valence-corrected chi connectivity index (χ4v) is 3.35. The lowest BCUT2D eigenvalue weighted by Gasteiger charge is -2.26. The number of fused-ring (bicyclic) bond motifs is 2. The Bertz CT molecular complexity index is 846. The van der Waals surface area contributed by atoms with E-state index >= 15 is 0 Å². The van der Waals surface area contributed by atoms with E-state index in [9.17, 15) is 9.59 Å². The molecular formula is C19H18N2O3. The zero-order valence-corrected chi connectivity index (χ0v) is 13.6. The van der Waals surface area contributed by atoms with Gasteiger partial charge in [0.2, 0.25) is 0 Å². The smallest absolute Gasteiger partial charge is 0.265 e. The van der Waals surface area contributed by atoms with Crippen LogP contribution in [0.5, 0.6) is 5.75 Å². The highest BCUT2D eigenvalue weighted by molar-refractivity contribution is 6.11. The largest absolute Gasteiger partial charge is 0.478 e. The van der Waals surface area contributed by atoms with E-state index < -0.39 is 6.10 Å². The third-order valence-corrected chi connectivity index (χ3v) is 4.63. The van der Waals surface area contributed by atoms with Crippen molar-refractivity contribution in [3.8, 4) is 5.75 Å². The van der Waals surface area contributed by atoms with Gasteiger partial charge in [0.05, 0.1) is 11.3 Å². The molecule has 0 aliphatic carbocycles. The molecule has 1 N–H and O–H groups in total. The first-order valence-electron chi connectivity index (χ1n) is 8.07. The van der Waals surface area contributed by atoms with E-state index in [1.807, 2.05) is 18.2 Å². The zero-order chi connectivity index (χ0) is 16.8. The maximum absolute atomic E-state index is 13.1. The normalized spacial score (nSPS) is 21.6. The number of ether oxygens (including phenoxy) is 1. The molecule has 0 saturated heterocycles. The van der Waals surface area contributed by atoms with Crippen molar-refractivity contribution >= 4 is 23.2 Å². The van der Waals surface area contributed by atoms with E-state index in [1.165, 1.54) is 5.56 Å². The second-order valence-electron chi connectivity index (χ2n) is 6.31. The molecule has 0 aromatic heterocycles. The number of anilines is 2. The first kappa shape index (κ1) is 14.8. The predicted molar refractivity (Wildman–Crippen MR) is 91.7 cm³/mol. The Morgan fingerprint density at radius 1 is 1.17 bits per heavy atom. The van der Waals surface area contributed by atoms with Crippen molar-refractivity contribution in [1.82, 2.24) is 0 Å². The molecule has 122 valence electrons. The first-order chi connectivity index (χ1) is 11.6. The molecule has 4 rings (SSSR count). The van der Waals surface area contributed by atoms with Crippen LogP contribution in [0.4, 0.5) is 11.4 Å². The van der Waals surface area contributed by atoms with Gasteiger partial charge in [0.25, 0.3) is 11.8 Å². The van der Waals surface area contributed by atoms with Gasteiger partial charge in [-0.1, -0.05) is 31.2 Å². The lowest BCUT2D eigenvalue weighted by atomic mass is 10.0. The van der Waals surface area contributed by atoms with Crippen LogP contribution >= 0.6 is 0 Å². The minimum Gasteiger partial charge on any atom is -0.478 e. The van der Waals surface area contributed by atoms with E-state index in [2.05, 4.69) is 18.3 Å². The van der Waals surface area contributed by atoms with Crippen molar-refractivity contribution in [2.45, 2.75) is 25.9 Å². The molecule has 0 unspecified atom stereocenters. The molecule has 0 saturated carbocycles. The van der Waals surface area contributed by atoms with Gasteiger partial charge in [0.15, 0.2) is 11.9 Å². The minimum atomic E-state index is -0.615. The summed E-state index contributed by atoms with van der Waals surface area (Å²) in [5.74, 6) is 0.440. The summed E-state index contributed by atoms with van der Waals surface area (Å²) in [6, 6.07) is 13.2. The molecule has 2 heterocycles. The molecule has 0 spiro atoms. The number of rotatable bonds is 1. The fraction of sp³-hybridized carbons (Fsp3) is 0.263. The monoisotopic (exact) mass is 322 g/mol. The Kier molecular flexibility index (Phi) is 3.30. The molecule has 0 radical (unpaired) electrons. The topological polar surface area (TPSA) is 58.6 Å². The summed E-state index contributed by atoms with van der Waals surface area (Å²) in [6.07, 6.45) is -0.615. The molecule has 2 aliphatic rings. The van der Waals surface area contributed by atoms with Gasteiger partial charge < -0.3 is 15.0 Å². The van der Waals surface area contributed by atoms with E-state index in [-0.39, 0.29) is 11.8 Å². The first-order valence-corrected chi connectivity index (χ1v) is 8.07. The van der Waals surface area contributed by atoms with Crippen LogP contribution in [0.1, 0.15) is 35.7 Å². The summed E-state index contributed by atoms with van der Waals surface area (Å²) in [6.45, 7) is 4.43. The van der Waals surface area contributed by atoms with Gasteiger partial charge in [0, 0.05) is 18.2 Å². The molecule has 0 fully saturated rings. The van der Waals surface area contributed by atoms with Crippen LogP contribution in [-0.4, -0.2) is 24.5 Å². The van der Waals surface area contributed by atoms with Gasteiger partial charge in [-0.2, -0.15) is 0 Å². The average molecular weight is 322 g/mol. The van der Waals surface area contributed by atoms with Gasteiger partial charge in [0.1, 0.15) is 0 Å². The summed E-state index contributed by atoms with van der Waals surface area (Å²) in [5, 5.41) is 2.79. The Morgan fingerprint density at radius 2 is 1.96 bits per heavy atom. The highest BCUT2D eigenvalue weighted by Gasteiger charge is 2.34. The van der Waals surface area contributed by atoms with E-state index in [4.69, 9.17) is 4.74 Å². The van der Waals surface area contributed by atoms with Crippen molar-refractivity contribution in [2.75, 3.05) is 16.8 Å². The molecule has 24 heavy (non-hydrogen) atoms. The molecule has 5 nitrogen and oxygen atoms in total. The Labute approximate surface area is 140 Å². The van der Waals surface area contributed by atoms with Crippen molar-refractivity contribution in [1.29, 1.82) is 0 Å². The number of nitrogens with zero attached hydrogens (tertiary/aromatic N) is 1. The molecule has 5 heteroatoms. The number of hydrogen-bond donors (Lipinski definition) is 1. The summed E-state index contributed by atoms with van der Waals surface area (Å²) in [7, 11) is 0. The molecule has 2 aromatic carbocycles. The summed E-state index contributed by atoms with van der Waals surface area (Å²) in [5.41, 5.74) is 3.14. The quantitative estimate of drug-likeness (QED) is 0.877. The van der Waals surface area contributed by atoms with Crippen molar-refractivity contribution in [3.05, 3.63) is 53.6 Å². The summed E-state index contributed by atoms with van der Waals surface area (Å²) < 4.78 is 5.71. The third kappa shape index (κ3) is 2.16. The number of nitrogens with one attached hydrogen (secondary N) is 1. The summed E-state index contributed by atoms with van der Waals surface area (Å²) in [4.78, 5) is 26.7.